The van der Waals surface area contributed by atoms with E-state index in [2.05, 4.69) is 21.8 Å². The van der Waals surface area contributed by atoms with E-state index >= 15 is 0 Å². The SMILES string of the molecule is CCC1c2nc(C)[nH]c(=O)c2CN1C1CC1. The summed E-state index contributed by atoms with van der Waals surface area (Å²) in [6.45, 7) is 4.82. The molecule has 1 aliphatic carbocycles. The van der Waals surface area contributed by atoms with Gasteiger partial charge in [-0.1, -0.05) is 6.92 Å². The Morgan fingerprint density at radius 3 is 2.88 bits per heavy atom. The van der Waals surface area contributed by atoms with Crippen molar-refractivity contribution in [2.24, 2.45) is 0 Å². The molecular weight excluding hydrogens is 202 g/mol. The average molecular weight is 219 g/mol. The fourth-order valence-corrected chi connectivity index (χ4v) is 2.73. The average Bonchev–Trinajstić information content (AvgIpc) is 3.00. The Balaban J connectivity index is 2.07. The van der Waals surface area contributed by atoms with E-state index in [9.17, 15) is 4.79 Å². The van der Waals surface area contributed by atoms with E-state index in [0.717, 1.165) is 30.0 Å². The molecule has 0 radical (unpaired) electrons. The minimum absolute atomic E-state index is 0.0594. The lowest BCUT2D eigenvalue weighted by Crippen LogP contribution is -2.24. The first-order chi connectivity index (χ1) is 7.70. The number of fused-ring (bicyclic) bond motifs is 1. The summed E-state index contributed by atoms with van der Waals surface area (Å²) in [6, 6.07) is 1.06. The van der Waals surface area contributed by atoms with Gasteiger partial charge in [0.2, 0.25) is 0 Å². The van der Waals surface area contributed by atoms with E-state index < -0.39 is 0 Å². The summed E-state index contributed by atoms with van der Waals surface area (Å²) in [5, 5.41) is 0. The number of aryl methyl sites for hydroxylation is 1. The molecule has 4 nitrogen and oxygen atoms in total. The Kier molecular flexibility index (Phi) is 2.14. The first-order valence-corrected chi connectivity index (χ1v) is 6.06. The molecule has 1 saturated carbocycles. The fourth-order valence-electron chi connectivity index (χ4n) is 2.73. The maximum atomic E-state index is 11.9. The molecule has 0 aromatic carbocycles. The Morgan fingerprint density at radius 1 is 1.50 bits per heavy atom. The normalized spacial score (nSPS) is 24.8. The molecule has 16 heavy (non-hydrogen) atoms. The van der Waals surface area contributed by atoms with Crippen LogP contribution in [0.5, 0.6) is 0 Å². The molecule has 1 aliphatic heterocycles. The highest BCUT2D eigenvalue weighted by Gasteiger charge is 2.40. The molecule has 86 valence electrons. The fraction of sp³-hybridized carbons (Fsp3) is 0.667. The van der Waals surface area contributed by atoms with Crippen LogP contribution in [-0.4, -0.2) is 20.9 Å². The van der Waals surface area contributed by atoms with Gasteiger partial charge in [0.25, 0.3) is 5.56 Å². The summed E-state index contributed by atoms with van der Waals surface area (Å²) >= 11 is 0. The van der Waals surface area contributed by atoms with Crippen LogP contribution < -0.4 is 5.56 Å². The van der Waals surface area contributed by atoms with E-state index in [-0.39, 0.29) is 5.56 Å². The van der Waals surface area contributed by atoms with Gasteiger partial charge in [-0.05, 0) is 26.2 Å². The zero-order valence-corrected chi connectivity index (χ0v) is 9.79. The Labute approximate surface area is 94.7 Å². The molecule has 0 amide bonds. The van der Waals surface area contributed by atoms with E-state index in [1.807, 2.05) is 6.92 Å². The Bertz CT molecular complexity index is 476. The van der Waals surface area contributed by atoms with E-state index in [1.165, 1.54) is 12.8 Å². The van der Waals surface area contributed by atoms with Gasteiger partial charge in [-0.3, -0.25) is 9.69 Å². The quantitative estimate of drug-likeness (QED) is 0.820. The molecule has 2 heterocycles. The molecule has 4 heteroatoms. The van der Waals surface area contributed by atoms with Crippen LogP contribution in [-0.2, 0) is 6.54 Å². The van der Waals surface area contributed by atoms with Crippen LogP contribution in [0.3, 0.4) is 0 Å². The summed E-state index contributed by atoms with van der Waals surface area (Å²) in [7, 11) is 0. The number of nitrogens with one attached hydrogen (secondary N) is 1. The van der Waals surface area contributed by atoms with Crippen molar-refractivity contribution in [3.63, 3.8) is 0 Å². The molecule has 0 spiro atoms. The van der Waals surface area contributed by atoms with Crippen LogP contribution in [0, 0.1) is 6.92 Å². The molecule has 1 unspecified atom stereocenters. The number of hydrogen-bond acceptors (Lipinski definition) is 3. The van der Waals surface area contributed by atoms with Crippen molar-refractivity contribution < 1.29 is 0 Å². The van der Waals surface area contributed by atoms with Gasteiger partial charge >= 0.3 is 0 Å². The van der Waals surface area contributed by atoms with Crippen LogP contribution in [0.15, 0.2) is 4.79 Å². The lowest BCUT2D eigenvalue weighted by atomic mass is 10.1. The molecule has 1 aromatic rings. The lowest BCUT2D eigenvalue weighted by molar-refractivity contribution is 0.197. The monoisotopic (exact) mass is 219 g/mol. The van der Waals surface area contributed by atoms with Crippen molar-refractivity contribution in [3.05, 3.63) is 27.4 Å². The van der Waals surface area contributed by atoms with Gasteiger partial charge < -0.3 is 4.98 Å². The number of rotatable bonds is 2. The molecule has 1 fully saturated rings. The van der Waals surface area contributed by atoms with Crippen molar-refractivity contribution in [1.82, 2.24) is 14.9 Å². The second-order valence-corrected chi connectivity index (χ2v) is 4.84. The second-order valence-electron chi connectivity index (χ2n) is 4.84. The third-order valence-corrected chi connectivity index (χ3v) is 3.63. The number of aromatic amines is 1. The maximum absolute atomic E-state index is 11.9. The minimum Gasteiger partial charge on any atom is -0.310 e. The minimum atomic E-state index is 0.0594. The first kappa shape index (κ1) is 10.0. The van der Waals surface area contributed by atoms with Gasteiger partial charge in [-0.2, -0.15) is 0 Å². The van der Waals surface area contributed by atoms with Gasteiger partial charge in [0, 0.05) is 12.6 Å². The topological polar surface area (TPSA) is 49.0 Å². The van der Waals surface area contributed by atoms with Crippen LogP contribution in [0.1, 0.15) is 49.3 Å². The standard InChI is InChI=1S/C12H17N3O/c1-3-10-11-9(6-15(10)8-4-5-8)12(16)14-7(2)13-11/h8,10H,3-6H2,1-2H3,(H,13,14,16). The van der Waals surface area contributed by atoms with E-state index in [4.69, 9.17) is 0 Å². The van der Waals surface area contributed by atoms with Crippen LogP contribution >= 0.6 is 0 Å². The van der Waals surface area contributed by atoms with Gasteiger partial charge in [-0.15, -0.1) is 0 Å². The summed E-state index contributed by atoms with van der Waals surface area (Å²) in [5.41, 5.74) is 1.98. The zero-order valence-electron chi connectivity index (χ0n) is 9.79. The van der Waals surface area contributed by atoms with Gasteiger partial charge in [-0.25, -0.2) is 4.98 Å². The molecule has 3 rings (SSSR count). The van der Waals surface area contributed by atoms with Crippen LogP contribution in [0.25, 0.3) is 0 Å². The van der Waals surface area contributed by atoms with E-state index in [0.29, 0.717) is 12.1 Å². The zero-order chi connectivity index (χ0) is 11.3. The summed E-state index contributed by atoms with van der Waals surface area (Å²) in [5.74, 6) is 0.736. The predicted octanol–water partition coefficient (Wildman–Crippen LogP) is 1.51. The molecule has 1 N–H and O–H groups in total. The van der Waals surface area contributed by atoms with Crippen molar-refractivity contribution in [3.8, 4) is 0 Å². The third kappa shape index (κ3) is 1.40. The maximum Gasteiger partial charge on any atom is 0.255 e. The second kappa shape index (κ2) is 3.42. The van der Waals surface area contributed by atoms with Crippen molar-refractivity contribution in [1.29, 1.82) is 0 Å². The van der Waals surface area contributed by atoms with Crippen molar-refractivity contribution in [2.75, 3.05) is 0 Å². The van der Waals surface area contributed by atoms with Gasteiger partial charge in [0.15, 0.2) is 0 Å². The number of H-pyrrole nitrogens is 1. The highest BCUT2D eigenvalue weighted by Crippen LogP contribution is 2.41. The Hall–Kier alpha value is -1.16. The number of nitrogens with zero attached hydrogens (tertiary/aromatic N) is 2. The van der Waals surface area contributed by atoms with Crippen molar-refractivity contribution >= 4 is 0 Å². The molecule has 0 bridgehead atoms. The van der Waals surface area contributed by atoms with Crippen LogP contribution in [0.2, 0.25) is 0 Å². The third-order valence-electron chi connectivity index (χ3n) is 3.63. The summed E-state index contributed by atoms with van der Waals surface area (Å²) in [4.78, 5) is 21.6. The smallest absolute Gasteiger partial charge is 0.255 e. The predicted molar refractivity (Wildman–Crippen MR) is 61.2 cm³/mol. The summed E-state index contributed by atoms with van der Waals surface area (Å²) in [6.07, 6.45) is 3.60. The molecule has 1 atom stereocenters. The highest BCUT2D eigenvalue weighted by molar-refractivity contribution is 5.27. The Morgan fingerprint density at radius 2 is 2.25 bits per heavy atom. The molecular formula is C12H17N3O. The molecule has 0 saturated heterocycles. The van der Waals surface area contributed by atoms with Crippen LogP contribution in [0.4, 0.5) is 0 Å². The van der Waals surface area contributed by atoms with Crippen molar-refractivity contribution in [2.45, 2.75) is 51.7 Å². The lowest BCUT2D eigenvalue weighted by Gasteiger charge is -2.22. The molecule has 2 aliphatic rings. The summed E-state index contributed by atoms with van der Waals surface area (Å²) < 4.78 is 0. The van der Waals surface area contributed by atoms with Gasteiger partial charge in [0.05, 0.1) is 17.3 Å². The van der Waals surface area contributed by atoms with E-state index in [1.54, 1.807) is 0 Å². The number of aromatic nitrogens is 2. The highest BCUT2D eigenvalue weighted by atomic mass is 16.1. The largest absolute Gasteiger partial charge is 0.310 e. The number of hydrogen-bond donors (Lipinski definition) is 1. The van der Waals surface area contributed by atoms with Gasteiger partial charge in [0.1, 0.15) is 5.82 Å². The molecule has 1 aromatic heterocycles. The first-order valence-electron chi connectivity index (χ1n) is 6.06.